The van der Waals surface area contributed by atoms with Gasteiger partial charge >= 0.3 is 12.0 Å². The summed E-state index contributed by atoms with van der Waals surface area (Å²) in [6, 6.07) is 2.58. The molecule has 4 aromatic rings. The molecule has 0 aliphatic carbocycles. The molecule has 4 saturated heterocycles. The number of carbonyl (C=O) groups is 2. The molecule has 2 N–H and O–H groups in total. The molecule has 3 aromatic heterocycles. The molecule has 16 heteroatoms. The monoisotopic (exact) mass is 730 g/mol. The van der Waals surface area contributed by atoms with E-state index in [-0.39, 0.29) is 41.9 Å². The van der Waals surface area contributed by atoms with Crippen molar-refractivity contribution in [3.8, 4) is 17.3 Å². The number of anilines is 1. The number of amides is 3. The fraction of sp³-hybridized carbons (Fsp3) is 0.583. The van der Waals surface area contributed by atoms with Crippen LogP contribution in [0, 0.1) is 19.7 Å². The molecule has 7 heterocycles. The van der Waals surface area contributed by atoms with Crippen molar-refractivity contribution in [2.24, 2.45) is 0 Å². The van der Waals surface area contributed by atoms with Crippen molar-refractivity contribution in [2.75, 3.05) is 44.3 Å². The second-order valence-electron chi connectivity index (χ2n) is 16.2. The predicted molar refractivity (Wildman–Crippen MR) is 197 cm³/mol. The molecule has 3 amide bonds. The SMILES string of the molecule is Cc1cc2c(nnn2COCC[Si](C)(C)C)c(-c2ncc3c(N4CCCC5(C4)NC(=O)NC5=O)nc(OCC45CCCN4CCC5)nc3c2F)c1C. The molecular formula is C36H47FN10O4Si. The van der Waals surface area contributed by atoms with Gasteiger partial charge in [-0.3, -0.25) is 20.0 Å². The van der Waals surface area contributed by atoms with Crippen molar-refractivity contribution >= 4 is 47.8 Å². The molecule has 4 aliphatic heterocycles. The zero-order valence-electron chi connectivity index (χ0n) is 30.6. The van der Waals surface area contributed by atoms with Crippen molar-refractivity contribution in [3.05, 3.63) is 29.2 Å². The van der Waals surface area contributed by atoms with Crippen molar-refractivity contribution < 1.29 is 23.5 Å². The van der Waals surface area contributed by atoms with Crippen LogP contribution in [0.5, 0.6) is 6.01 Å². The van der Waals surface area contributed by atoms with Crippen molar-refractivity contribution in [1.82, 2.24) is 45.5 Å². The molecule has 0 saturated carbocycles. The van der Waals surface area contributed by atoms with E-state index in [4.69, 9.17) is 24.4 Å². The van der Waals surface area contributed by atoms with E-state index in [0.717, 1.165) is 61.5 Å². The first-order valence-corrected chi connectivity index (χ1v) is 22.1. The molecule has 0 bridgehead atoms. The predicted octanol–water partition coefficient (Wildman–Crippen LogP) is 4.69. The quantitative estimate of drug-likeness (QED) is 0.133. The van der Waals surface area contributed by atoms with Crippen molar-refractivity contribution in [2.45, 2.75) is 95.9 Å². The van der Waals surface area contributed by atoms with Crippen molar-refractivity contribution in [1.29, 1.82) is 0 Å². The lowest BCUT2D eigenvalue weighted by molar-refractivity contribution is -0.124. The molecule has 8 rings (SSSR count). The number of piperidine rings is 1. The maximum Gasteiger partial charge on any atom is 0.322 e. The molecule has 1 spiro atoms. The summed E-state index contributed by atoms with van der Waals surface area (Å²) in [5.74, 6) is -0.591. The van der Waals surface area contributed by atoms with E-state index in [1.807, 2.05) is 24.8 Å². The Morgan fingerprint density at radius 1 is 1.02 bits per heavy atom. The number of halogens is 1. The molecular weight excluding hydrogens is 684 g/mol. The smallest absolute Gasteiger partial charge is 0.322 e. The topological polar surface area (TPSA) is 153 Å². The van der Waals surface area contributed by atoms with E-state index < -0.39 is 25.5 Å². The maximum absolute atomic E-state index is 17.2. The van der Waals surface area contributed by atoms with Crippen LogP contribution < -0.4 is 20.3 Å². The zero-order valence-corrected chi connectivity index (χ0v) is 31.6. The highest BCUT2D eigenvalue weighted by molar-refractivity contribution is 6.76. The number of rotatable bonds is 10. The number of nitrogens with zero attached hydrogens (tertiary/aromatic N) is 8. The third-order valence-corrected chi connectivity index (χ3v) is 13.2. The number of hydrogen-bond acceptors (Lipinski definition) is 11. The summed E-state index contributed by atoms with van der Waals surface area (Å²) in [4.78, 5) is 43.9. The number of benzene rings is 1. The van der Waals surface area contributed by atoms with Crippen LogP contribution in [0.15, 0.2) is 12.3 Å². The van der Waals surface area contributed by atoms with E-state index in [1.54, 1.807) is 10.9 Å². The van der Waals surface area contributed by atoms with Gasteiger partial charge in [-0.05, 0) is 88.7 Å². The van der Waals surface area contributed by atoms with Crippen LogP contribution in [0.2, 0.25) is 25.7 Å². The van der Waals surface area contributed by atoms with Crippen LogP contribution in [0.3, 0.4) is 0 Å². The maximum atomic E-state index is 17.2. The highest BCUT2D eigenvalue weighted by Crippen LogP contribution is 2.41. The number of carbonyl (C=O) groups excluding carboxylic acids is 2. The molecule has 0 radical (unpaired) electrons. The van der Waals surface area contributed by atoms with Crippen LogP contribution in [0.25, 0.3) is 33.2 Å². The van der Waals surface area contributed by atoms with Crippen LogP contribution in [0.1, 0.15) is 49.7 Å². The summed E-state index contributed by atoms with van der Waals surface area (Å²) in [6.07, 6.45) is 6.97. The number of aromatic nitrogens is 6. The van der Waals surface area contributed by atoms with Gasteiger partial charge in [-0.2, -0.15) is 9.97 Å². The lowest BCUT2D eigenvalue weighted by atomic mass is 9.89. The van der Waals surface area contributed by atoms with Crippen LogP contribution in [-0.4, -0.2) is 105 Å². The Kier molecular flexibility index (Phi) is 8.69. The first-order valence-electron chi connectivity index (χ1n) is 18.4. The van der Waals surface area contributed by atoms with E-state index in [1.165, 1.54) is 0 Å². The van der Waals surface area contributed by atoms with Gasteiger partial charge in [0.25, 0.3) is 5.91 Å². The molecule has 52 heavy (non-hydrogen) atoms. The summed E-state index contributed by atoms with van der Waals surface area (Å²) < 4.78 is 31.3. The molecule has 14 nitrogen and oxygen atoms in total. The van der Waals surface area contributed by atoms with Gasteiger partial charge < -0.3 is 19.7 Å². The standard InChI is InChI=1S/C36H47FN10O4Si/c1-22-17-25-29(43-44-47(25)21-50-15-16-52(3,4)5)26(23(22)2)30-27(37)28-24(18-38-30)31(45-12-8-11-36(19-45)32(48)41-33(49)42-36)40-34(39-28)51-20-35-9-6-13-46(35)14-7-10-35/h17-18H,6-16,19-21H2,1-5H3,(H2,41,42,48,49). The van der Waals surface area contributed by atoms with Crippen LogP contribution in [-0.2, 0) is 16.3 Å². The third-order valence-electron chi connectivity index (χ3n) is 11.5. The summed E-state index contributed by atoms with van der Waals surface area (Å²) in [5, 5.41) is 14.5. The summed E-state index contributed by atoms with van der Waals surface area (Å²) in [5.41, 5.74) is 2.55. The normalized spacial score (nSPS) is 21.8. The second kappa shape index (κ2) is 13.0. The number of nitrogens with one attached hydrogen (secondary N) is 2. The van der Waals surface area contributed by atoms with E-state index >= 15 is 4.39 Å². The minimum absolute atomic E-state index is 0.0628. The van der Waals surface area contributed by atoms with Gasteiger partial charge in [0, 0.05) is 33.0 Å². The average molecular weight is 731 g/mol. The molecule has 276 valence electrons. The lowest BCUT2D eigenvalue weighted by Crippen LogP contribution is -2.58. The number of pyridine rings is 1. The molecule has 4 aliphatic rings. The Bertz CT molecular complexity index is 2080. The number of aryl methyl sites for hydroxylation is 1. The second-order valence-corrected chi connectivity index (χ2v) is 21.9. The summed E-state index contributed by atoms with van der Waals surface area (Å²) in [7, 11) is -1.26. The van der Waals surface area contributed by atoms with E-state index in [2.05, 4.69) is 45.5 Å². The Morgan fingerprint density at radius 2 is 1.79 bits per heavy atom. The first kappa shape index (κ1) is 34.8. The van der Waals surface area contributed by atoms with Gasteiger partial charge in [-0.1, -0.05) is 24.9 Å². The van der Waals surface area contributed by atoms with E-state index in [0.29, 0.717) is 54.9 Å². The molecule has 1 atom stereocenters. The first-order chi connectivity index (χ1) is 24.9. The average Bonchev–Trinajstić information content (AvgIpc) is 3.86. The Balaban J connectivity index is 1.20. The van der Waals surface area contributed by atoms with Gasteiger partial charge in [0.15, 0.2) is 5.82 Å². The Hall–Kier alpha value is -4.28. The van der Waals surface area contributed by atoms with Gasteiger partial charge in [-0.25, -0.2) is 13.9 Å². The highest BCUT2D eigenvalue weighted by atomic mass is 28.3. The lowest BCUT2D eigenvalue weighted by Gasteiger charge is -2.39. The molecule has 1 unspecified atom stereocenters. The van der Waals surface area contributed by atoms with Gasteiger partial charge in [0.05, 0.1) is 23.0 Å². The van der Waals surface area contributed by atoms with Gasteiger partial charge in [0.2, 0.25) is 0 Å². The molecule has 4 fully saturated rings. The van der Waals surface area contributed by atoms with Crippen molar-refractivity contribution in [3.63, 3.8) is 0 Å². The molecule has 1 aromatic carbocycles. The Morgan fingerprint density at radius 3 is 2.52 bits per heavy atom. The number of urea groups is 1. The zero-order chi connectivity index (χ0) is 36.4. The fourth-order valence-corrected chi connectivity index (χ4v) is 9.21. The van der Waals surface area contributed by atoms with Crippen LogP contribution >= 0.6 is 0 Å². The number of ether oxygens (including phenoxy) is 2. The fourth-order valence-electron chi connectivity index (χ4n) is 8.46. The largest absolute Gasteiger partial charge is 0.461 e. The third kappa shape index (κ3) is 6.07. The summed E-state index contributed by atoms with van der Waals surface area (Å²) in [6.45, 7) is 14.9. The van der Waals surface area contributed by atoms with Crippen LogP contribution in [0.4, 0.5) is 15.0 Å². The van der Waals surface area contributed by atoms with Gasteiger partial charge in [-0.15, -0.1) is 5.10 Å². The highest BCUT2D eigenvalue weighted by Gasteiger charge is 2.49. The van der Waals surface area contributed by atoms with Gasteiger partial charge in [0.1, 0.15) is 41.4 Å². The number of hydrogen-bond donors (Lipinski definition) is 2. The summed E-state index contributed by atoms with van der Waals surface area (Å²) >= 11 is 0. The Labute approximate surface area is 302 Å². The van der Waals surface area contributed by atoms with E-state index in [9.17, 15) is 9.59 Å². The minimum Gasteiger partial charge on any atom is -0.461 e. The number of imide groups is 1. The number of fused-ring (bicyclic) bond motifs is 3. The minimum atomic E-state index is -1.26.